The average Bonchev–Trinajstić information content (AvgIpc) is 2.34. The van der Waals surface area contributed by atoms with Crippen LogP contribution in [-0.2, 0) is 4.79 Å². The van der Waals surface area contributed by atoms with Crippen LogP contribution in [0.25, 0.3) is 5.57 Å². The van der Waals surface area contributed by atoms with Gasteiger partial charge < -0.3 is 4.79 Å². The van der Waals surface area contributed by atoms with Crippen LogP contribution in [0.1, 0.15) is 44.6 Å². The second kappa shape index (κ2) is 7.86. The molecule has 0 amide bonds. The smallest absolute Gasteiger partial charge is 0.119 e. The summed E-state index contributed by atoms with van der Waals surface area (Å²) in [6.07, 6.45) is 8.47. The van der Waals surface area contributed by atoms with Crippen LogP contribution in [-0.4, -0.2) is 6.29 Å². The van der Waals surface area contributed by atoms with Gasteiger partial charge in [0.25, 0.3) is 0 Å². The molecule has 0 heterocycles. The Morgan fingerprint density at radius 2 is 1.75 bits per heavy atom. The lowest BCUT2D eigenvalue weighted by atomic mass is 10.0. The number of unbranched alkanes of at least 4 members (excludes halogenated alkanes) is 4. The number of benzene rings is 1. The van der Waals surface area contributed by atoms with E-state index in [0.29, 0.717) is 6.42 Å². The molecule has 0 aliphatic heterocycles. The molecule has 0 fully saturated rings. The van der Waals surface area contributed by atoms with Crippen LogP contribution < -0.4 is 0 Å². The van der Waals surface area contributed by atoms with E-state index in [2.05, 4.69) is 37.3 Å². The van der Waals surface area contributed by atoms with Crippen LogP contribution in [0.4, 0.5) is 0 Å². The number of allylic oxidation sites excluding steroid dienone is 2. The fourth-order valence-electron chi connectivity index (χ4n) is 1.69. The molecule has 0 N–H and O–H groups in total. The van der Waals surface area contributed by atoms with E-state index in [9.17, 15) is 4.79 Å². The predicted molar refractivity (Wildman–Crippen MR) is 69.2 cm³/mol. The van der Waals surface area contributed by atoms with Crippen LogP contribution in [0.2, 0.25) is 0 Å². The molecule has 86 valence electrons. The minimum absolute atomic E-state index is 0.710. The number of aldehydes is 1. The van der Waals surface area contributed by atoms with Crippen molar-refractivity contribution in [2.75, 3.05) is 0 Å². The summed E-state index contributed by atoms with van der Waals surface area (Å²) in [7, 11) is 0. The van der Waals surface area contributed by atoms with Gasteiger partial charge in [0.05, 0.1) is 0 Å². The average molecular weight is 216 g/mol. The van der Waals surface area contributed by atoms with Gasteiger partial charge in [0, 0.05) is 6.42 Å². The Morgan fingerprint density at radius 1 is 1.06 bits per heavy atom. The predicted octanol–water partition coefficient (Wildman–Crippen LogP) is 4.24. The summed E-state index contributed by atoms with van der Waals surface area (Å²) in [5, 5.41) is 0. The van der Waals surface area contributed by atoms with Gasteiger partial charge in [0.2, 0.25) is 0 Å². The molecule has 1 nitrogen and oxygen atoms in total. The summed E-state index contributed by atoms with van der Waals surface area (Å²) < 4.78 is 0. The van der Waals surface area contributed by atoms with Crippen molar-refractivity contribution in [1.29, 1.82) is 0 Å². The highest BCUT2D eigenvalue weighted by Gasteiger charge is 1.93. The van der Waals surface area contributed by atoms with E-state index >= 15 is 0 Å². The van der Waals surface area contributed by atoms with Gasteiger partial charge in [-0.2, -0.15) is 0 Å². The molecule has 0 radical (unpaired) electrons. The molecule has 0 unspecified atom stereocenters. The molecule has 1 heteroatoms. The van der Waals surface area contributed by atoms with E-state index in [4.69, 9.17) is 0 Å². The van der Waals surface area contributed by atoms with E-state index in [1.807, 2.05) is 6.07 Å². The lowest BCUT2D eigenvalue weighted by Gasteiger charge is -2.01. The number of carbonyl (C=O) groups is 1. The van der Waals surface area contributed by atoms with Crippen LogP contribution in [0, 0.1) is 0 Å². The third-order valence-corrected chi connectivity index (χ3v) is 2.71. The maximum Gasteiger partial charge on any atom is 0.119 e. The van der Waals surface area contributed by atoms with Gasteiger partial charge in [0.1, 0.15) is 6.29 Å². The molecule has 0 aliphatic rings. The van der Waals surface area contributed by atoms with E-state index < -0.39 is 0 Å². The fraction of sp³-hybridized carbons (Fsp3) is 0.400. The zero-order valence-corrected chi connectivity index (χ0v) is 9.99. The van der Waals surface area contributed by atoms with Crippen molar-refractivity contribution in [2.45, 2.75) is 39.0 Å². The minimum Gasteiger partial charge on any atom is -0.303 e. The second-order valence-corrected chi connectivity index (χ2v) is 4.06. The topological polar surface area (TPSA) is 17.1 Å². The van der Waals surface area contributed by atoms with Crippen LogP contribution in [0.5, 0.6) is 0 Å². The summed E-state index contributed by atoms with van der Waals surface area (Å²) in [5.41, 5.74) is 2.64. The summed E-state index contributed by atoms with van der Waals surface area (Å²) in [5.74, 6) is 0. The Labute approximate surface area is 98.2 Å². The first kappa shape index (κ1) is 12.7. The standard InChI is InChI=1S/C15H20O/c1-14(15-11-7-5-8-12-15)10-6-3-2-4-9-13-16/h5,7-8,10-13H,2-4,6,9H2,1H3. The third-order valence-electron chi connectivity index (χ3n) is 2.71. The summed E-state index contributed by atoms with van der Waals surface area (Å²) in [6, 6.07) is 10.4. The first-order chi connectivity index (χ1) is 7.84. The van der Waals surface area contributed by atoms with Gasteiger partial charge in [-0.05, 0) is 37.3 Å². The molecule has 1 rings (SSSR count). The quantitative estimate of drug-likeness (QED) is 0.492. The molecular weight excluding hydrogens is 196 g/mol. The van der Waals surface area contributed by atoms with Crippen molar-refractivity contribution in [3.63, 3.8) is 0 Å². The first-order valence-electron chi connectivity index (χ1n) is 6.00. The molecule has 0 saturated carbocycles. The Kier molecular flexibility index (Phi) is 6.24. The molecule has 0 aromatic heterocycles. The Hall–Kier alpha value is -1.37. The van der Waals surface area contributed by atoms with Gasteiger partial charge in [-0.3, -0.25) is 0 Å². The normalized spacial score (nSPS) is 11.4. The molecule has 0 saturated heterocycles. The molecule has 1 aromatic carbocycles. The van der Waals surface area contributed by atoms with Crippen molar-refractivity contribution >= 4 is 11.9 Å². The van der Waals surface area contributed by atoms with E-state index in [-0.39, 0.29) is 0 Å². The van der Waals surface area contributed by atoms with Crippen molar-refractivity contribution in [3.8, 4) is 0 Å². The third kappa shape index (κ3) is 4.92. The van der Waals surface area contributed by atoms with Crippen LogP contribution in [0.15, 0.2) is 36.4 Å². The molecule has 16 heavy (non-hydrogen) atoms. The highest BCUT2D eigenvalue weighted by molar-refractivity contribution is 5.63. The largest absolute Gasteiger partial charge is 0.303 e. The Balaban J connectivity index is 2.27. The SMILES string of the molecule is CC(=CCCCCCC=O)c1ccccc1. The van der Waals surface area contributed by atoms with E-state index in [1.165, 1.54) is 17.6 Å². The molecular formula is C15H20O. The zero-order chi connectivity index (χ0) is 11.6. The maximum atomic E-state index is 10.1. The van der Waals surface area contributed by atoms with Crippen molar-refractivity contribution in [1.82, 2.24) is 0 Å². The molecule has 0 bridgehead atoms. The van der Waals surface area contributed by atoms with Crippen molar-refractivity contribution < 1.29 is 4.79 Å². The second-order valence-electron chi connectivity index (χ2n) is 4.06. The lowest BCUT2D eigenvalue weighted by molar-refractivity contribution is -0.107. The number of hydrogen-bond acceptors (Lipinski definition) is 1. The summed E-state index contributed by atoms with van der Waals surface area (Å²) in [6.45, 7) is 2.15. The fourth-order valence-corrected chi connectivity index (χ4v) is 1.69. The molecule has 1 aromatic rings. The molecule has 0 atom stereocenters. The summed E-state index contributed by atoms with van der Waals surface area (Å²) >= 11 is 0. The highest BCUT2D eigenvalue weighted by Crippen LogP contribution is 2.14. The first-order valence-corrected chi connectivity index (χ1v) is 6.00. The van der Waals surface area contributed by atoms with Crippen molar-refractivity contribution in [2.24, 2.45) is 0 Å². The van der Waals surface area contributed by atoms with Gasteiger partial charge in [0.15, 0.2) is 0 Å². The Morgan fingerprint density at radius 3 is 2.44 bits per heavy atom. The van der Waals surface area contributed by atoms with E-state index in [1.54, 1.807) is 0 Å². The number of carbonyl (C=O) groups excluding carboxylic acids is 1. The summed E-state index contributed by atoms with van der Waals surface area (Å²) in [4.78, 5) is 10.1. The van der Waals surface area contributed by atoms with Gasteiger partial charge >= 0.3 is 0 Å². The van der Waals surface area contributed by atoms with E-state index in [0.717, 1.165) is 25.5 Å². The van der Waals surface area contributed by atoms with Gasteiger partial charge in [-0.15, -0.1) is 0 Å². The van der Waals surface area contributed by atoms with Crippen LogP contribution >= 0.6 is 0 Å². The zero-order valence-electron chi connectivity index (χ0n) is 9.99. The highest BCUT2D eigenvalue weighted by atomic mass is 16.1. The minimum atomic E-state index is 0.710. The maximum absolute atomic E-state index is 10.1. The number of hydrogen-bond donors (Lipinski definition) is 0. The van der Waals surface area contributed by atoms with Gasteiger partial charge in [-0.25, -0.2) is 0 Å². The molecule has 0 spiro atoms. The number of rotatable bonds is 7. The monoisotopic (exact) mass is 216 g/mol. The van der Waals surface area contributed by atoms with Gasteiger partial charge in [-0.1, -0.05) is 42.8 Å². The lowest BCUT2D eigenvalue weighted by Crippen LogP contribution is -1.81. The molecule has 0 aliphatic carbocycles. The Bertz CT molecular complexity index is 325. The van der Waals surface area contributed by atoms with Crippen molar-refractivity contribution in [3.05, 3.63) is 42.0 Å². The van der Waals surface area contributed by atoms with Crippen LogP contribution in [0.3, 0.4) is 0 Å².